The maximum absolute atomic E-state index is 11.0. The van der Waals surface area contributed by atoms with Crippen molar-refractivity contribution in [2.75, 3.05) is 0 Å². The van der Waals surface area contributed by atoms with Crippen molar-refractivity contribution in [2.45, 2.75) is 6.92 Å². The largest absolute Gasteiger partial charge is 0.477 e. The van der Waals surface area contributed by atoms with Gasteiger partial charge in [0.25, 0.3) is 0 Å². The van der Waals surface area contributed by atoms with E-state index in [4.69, 9.17) is 17.3 Å². The fourth-order valence-corrected chi connectivity index (χ4v) is 2.77. The Hall–Kier alpha value is -1.46. The summed E-state index contributed by atoms with van der Waals surface area (Å²) in [6.45, 7) is 1.95. The lowest BCUT2D eigenvalue weighted by Crippen LogP contribution is -1.98. The zero-order valence-corrected chi connectivity index (χ0v) is 10.1. The normalized spacial score (nSPS) is 10.3. The highest BCUT2D eigenvalue weighted by Crippen LogP contribution is 2.30. The number of hydrogen-bond acceptors (Lipinski definition) is 3. The molecular weight excluding hydrogens is 242 g/mol. The second-order valence-electron chi connectivity index (χ2n) is 3.34. The molecule has 82 valence electrons. The minimum Gasteiger partial charge on any atom is -0.477 e. The number of thiazole rings is 1. The van der Waals surface area contributed by atoms with Crippen LogP contribution in [0.25, 0.3) is 10.4 Å². The summed E-state index contributed by atoms with van der Waals surface area (Å²) in [6, 6.07) is 7.65. The van der Waals surface area contributed by atoms with Gasteiger partial charge in [0.1, 0.15) is 5.69 Å². The molecule has 0 atom stereocenters. The number of nitrogens with one attached hydrogen (secondary N) is 1. The molecule has 0 spiro atoms. The van der Waals surface area contributed by atoms with E-state index in [1.165, 1.54) is 11.3 Å². The van der Waals surface area contributed by atoms with Crippen LogP contribution < -0.4 is 0 Å². The molecule has 1 aromatic heterocycles. The van der Waals surface area contributed by atoms with E-state index >= 15 is 0 Å². The molecule has 0 amide bonds. The zero-order valence-electron chi connectivity index (χ0n) is 8.48. The van der Waals surface area contributed by atoms with Gasteiger partial charge in [-0.25, -0.2) is 4.79 Å². The van der Waals surface area contributed by atoms with Crippen molar-refractivity contribution in [3.8, 4) is 10.4 Å². The first-order valence-electron chi connectivity index (χ1n) is 4.62. The fraction of sp³-hybridized carbons (Fsp3) is 0.0909. The molecule has 0 radical (unpaired) electrons. The van der Waals surface area contributed by atoms with Crippen molar-refractivity contribution in [3.63, 3.8) is 0 Å². The number of aryl methyl sites for hydroxylation is 1. The van der Waals surface area contributed by atoms with Crippen LogP contribution in [0.5, 0.6) is 0 Å². The molecule has 2 rings (SSSR count). The Morgan fingerprint density at radius 1 is 1.44 bits per heavy atom. The minimum atomic E-state index is -0.981. The number of aromatic amines is 1. The molecule has 16 heavy (non-hydrogen) atoms. The van der Waals surface area contributed by atoms with Gasteiger partial charge in [-0.3, -0.25) is 0 Å². The number of benzene rings is 1. The summed E-state index contributed by atoms with van der Waals surface area (Å²) in [7, 11) is 0. The molecule has 0 bridgehead atoms. The molecule has 3 nitrogen and oxygen atoms in total. The molecule has 0 aliphatic rings. The lowest BCUT2D eigenvalue weighted by molar-refractivity contribution is 0.0692. The van der Waals surface area contributed by atoms with Crippen LogP contribution in [0.4, 0.5) is 0 Å². The van der Waals surface area contributed by atoms with Gasteiger partial charge in [-0.2, -0.15) is 0 Å². The molecule has 0 unspecified atom stereocenters. The average molecular weight is 251 g/mol. The van der Waals surface area contributed by atoms with Gasteiger partial charge in [0.05, 0.1) is 4.88 Å². The monoisotopic (exact) mass is 251 g/mol. The van der Waals surface area contributed by atoms with E-state index in [-0.39, 0.29) is 5.69 Å². The molecule has 1 aromatic carbocycles. The van der Waals surface area contributed by atoms with Gasteiger partial charge in [-0.1, -0.05) is 24.3 Å². The first-order chi connectivity index (χ1) is 7.59. The number of H-pyrrole nitrogens is 1. The standard InChI is InChI=1S/C11H9NO2S2/c1-6-4-2-3-5-7(6)9-8(10(13)14)12-11(15)16-9/h2-5H,1H3,(H,12,15)(H,13,14). The maximum atomic E-state index is 11.0. The highest BCUT2D eigenvalue weighted by Gasteiger charge is 2.16. The van der Waals surface area contributed by atoms with Gasteiger partial charge in [-0.05, 0) is 30.3 Å². The quantitative estimate of drug-likeness (QED) is 0.803. The first-order valence-corrected chi connectivity index (χ1v) is 5.84. The average Bonchev–Trinajstić information content (AvgIpc) is 2.61. The molecule has 5 heteroatoms. The Morgan fingerprint density at radius 2 is 2.12 bits per heavy atom. The van der Waals surface area contributed by atoms with E-state index in [9.17, 15) is 4.79 Å². The molecule has 2 aromatic rings. The second-order valence-corrected chi connectivity index (χ2v) is 5.03. The van der Waals surface area contributed by atoms with E-state index < -0.39 is 5.97 Å². The highest BCUT2D eigenvalue weighted by molar-refractivity contribution is 7.73. The Labute approximate surface area is 101 Å². The smallest absolute Gasteiger partial charge is 0.353 e. The third-order valence-electron chi connectivity index (χ3n) is 2.25. The highest BCUT2D eigenvalue weighted by atomic mass is 32.1. The maximum Gasteiger partial charge on any atom is 0.353 e. The van der Waals surface area contributed by atoms with Gasteiger partial charge in [0.15, 0.2) is 3.95 Å². The Morgan fingerprint density at radius 3 is 2.75 bits per heavy atom. The van der Waals surface area contributed by atoms with Gasteiger partial charge >= 0.3 is 5.97 Å². The van der Waals surface area contributed by atoms with E-state index in [0.29, 0.717) is 8.83 Å². The van der Waals surface area contributed by atoms with Crippen LogP contribution in [0.15, 0.2) is 24.3 Å². The van der Waals surface area contributed by atoms with Gasteiger partial charge in [0.2, 0.25) is 0 Å². The Kier molecular flexibility index (Phi) is 2.89. The predicted octanol–water partition coefficient (Wildman–Crippen LogP) is 3.48. The molecular formula is C11H9NO2S2. The Bertz CT molecular complexity index is 598. The summed E-state index contributed by atoms with van der Waals surface area (Å²) in [6.07, 6.45) is 0. The van der Waals surface area contributed by atoms with Crippen molar-refractivity contribution in [2.24, 2.45) is 0 Å². The molecule has 0 fully saturated rings. The van der Waals surface area contributed by atoms with Crippen LogP contribution in [0.2, 0.25) is 0 Å². The number of rotatable bonds is 2. The van der Waals surface area contributed by atoms with Crippen molar-refractivity contribution in [3.05, 3.63) is 39.5 Å². The van der Waals surface area contributed by atoms with Gasteiger partial charge in [0, 0.05) is 0 Å². The third kappa shape index (κ3) is 1.91. The number of hydrogen-bond donors (Lipinski definition) is 2. The summed E-state index contributed by atoms with van der Waals surface area (Å²) >= 11 is 6.27. The number of aromatic nitrogens is 1. The topological polar surface area (TPSA) is 53.1 Å². The first kappa shape index (κ1) is 11.0. The summed E-state index contributed by atoms with van der Waals surface area (Å²) < 4.78 is 0.482. The number of aromatic carboxylic acids is 1. The SMILES string of the molecule is Cc1ccccc1-c1sc(=S)[nH]c1C(=O)O. The summed E-state index contributed by atoms with van der Waals surface area (Å²) in [4.78, 5) is 14.4. The van der Waals surface area contributed by atoms with Crippen LogP contribution in [0, 0.1) is 10.9 Å². The van der Waals surface area contributed by atoms with Gasteiger partial charge in [-0.15, -0.1) is 11.3 Å². The number of carboxylic acid groups (broad SMARTS) is 1. The summed E-state index contributed by atoms with van der Waals surface area (Å²) in [5, 5.41) is 9.06. The Balaban J connectivity index is 2.69. The van der Waals surface area contributed by atoms with Crippen molar-refractivity contribution in [1.82, 2.24) is 4.98 Å². The van der Waals surface area contributed by atoms with Crippen LogP contribution in [-0.2, 0) is 0 Å². The second kappa shape index (κ2) is 4.19. The van der Waals surface area contributed by atoms with Crippen LogP contribution in [0.3, 0.4) is 0 Å². The molecule has 2 N–H and O–H groups in total. The van der Waals surface area contributed by atoms with Crippen LogP contribution >= 0.6 is 23.6 Å². The number of carbonyl (C=O) groups is 1. The predicted molar refractivity (Wildman–Crippen MR) is 66.6 cm³/mol. The summed E-state index contributed by atoms with van der Waals surface area (Å²) in [5.74, 6) is -0.981. The van der Waals surface area contributed by atoms with E-state index in [1.807, 2.05) is 31.2 Å². The van der Waals surface area contributed by atoms with Crippen LogP contribution in [0.1, 0.15) is 16.1 Å². The van der Waals surface area contributed by atoms with Crippen molar-refractivity contribution < 1.29 is 9.90 Å². The van der Waals surface area contributed by atoms with E-state index in [1.54, 1.807) is 0 Å². The van der Waals surface area contributed by atoms with Crippen LogP contribution in [-0.4, -0.2) is 16.1 Å². The third-order valence-corrected chi connectivity index (χ3v) is 3.52. The zero-order chi connectivity index (χ0) is 11.7. The lowest BCUT2D eigenvalue weighted by Gasteiger charge is -2.03. The molecule has 0 aliphatic heterocycles. The van der Waals surface area contributed by atoms with E-state index in [0.717, 1.165) is 11.1 Å². The van der Waals surface area contributed by atoms with Crippen molar-refractivity contribution >= 4 is 29.5 Å². The van der Waals surface area contributed by atoms with Gasteiger partial charge < -0.3 is 10.1 Å². The lowest BCUT2D eigenvalue weighted by atomic mass is 10.1. The molecule has 0 saturated carbocycles. The minimum absolute atomic E-state index is 0.171. The van der Waals surface area contributed by atoms with E-state index in [2.05, 4.69) is 4.98 Å². The fourth-order valence-electron chi connectivity index (χ4n) is 1.50. The molecule has 1 heterocycles. The molecule has 0 saturated heterocycles. The summed E-state index contributed by atoms with van der Waals surface area (Å²) in [5.41, 5.74) is 2.12. The number of carboxylic acids is 1. The molecule has 0 aliphatic carbocycles. The van der Waals surface area contributed by atoms with Crippen molar-refractivity contribution in [1.29, 1.82) is 0 Å².